The van der Waals surface area contributed by atoms with E-state index in [1.165, 1.54) is 0 Å². The fourth-order valence-electron chi connectivity index (χ4n) is 0.833. The summed E-state index contributed by atoms with van der Waals surface area (Å²) in [6, 6.07) is 6.99. The standard InChI is InChI=1S/C6H4FN3/c7-10-8-5-3-1-2-4-6(5)9-10/h1-4H. The normalized spacial score (nSPS) is 10.5. The molecule has 1 heterocycles. The molecule has 0 saturated heterocycles. The molecule has 0 amide bonds. The number of benzene rings is 1. The van der Waals surface area contributed by atoms with Crippen LogP contribution in [0.2, 0.25) is 0 Å². The van der Waals surface area contributed by atoms with E-state index in [1.54, 1.807) is 24.3 Å². The summed E-state index contributed by atoms with van der Waals surface area (Å²) in [6.45, 7) is 0. The van der Waals surface area contributed by atoms with Gasteiger partial charge in [0.1, 0.15) is 11.0 Å². The van der Waals surface area contributed by atoms with Crippen LogP contribution >= 0.6 is 0 Å². The number of rotatable bonds is 0. The van der Waals surface area contributed by atoms with Crippen LogP contribution in [0.25, 0.3) is 11.0 Å². The Morgan fingerprint density at radius 2 is 1.60 bits per heavy atom. The van der Waals surface area contributed by atoms with Crippen LogP contribution in [0.4, 0.5) is 4.48 Å². The van der Waals surface area contributed by atoms with Crippen molar-refractivity contribution in [3.63, 3.8) is 0 Å². The highest BCUT2D eigenvalue weighted by atomic mass is 19.2. The van der Waals surface area contributed by atoms with Crippen molar-refractivity contribution < 1.29 is 4.48 Å². The second-order valence-electron chi connectivity index (χ2n) is 1.93. The molecule has 0 fully saturated rings. The lowest BCUT2D eigenvalue weighted by atomic mass is 10.3. The van der Waals surface area contributed by atoms with Crippen molar-refractivity contribution in [2.24, 2.45) is 0 Å². The lowest BCUT2D eigenvalue weighted by molar-refractivity contribution is 0.269. The van der Waals surface area contributed by atoms with E-state index < -0.39 is 0 Å². The molecule has 0 bridgehead atoms. The summed E-state index contributed by atoms with van der Waals surface area (Å²) in [6.07, 6.45) is 0. The average molecular weight is 137 g/mol. The third-order valence-corrected chi connectivity index (χ3v) is 1.26. The van der Waals surface area contributed by atoms with Gasteiger partial charge < -0.3 is 0 Å². The Morgan fingerprint density at radius 3 is 2.10 bits per heavy atom. The van der Waals surface area contributed by atoms with E-state index in [2.05, 4.69) is 10.2 Å². The Bertz CT molecular complexity index is 322. The Hall–Kier alpha value is -1.45. The van der Waals surface area contributed by atoms with Crippen molar-refractivity contribution in [2.45, 2.75) is 0 Å². The van der Waals surface area contributed by atoms with Gasteiger partial charge in [-0.15, -0.1) is 10.2 Å². The summed E-state index contributed by atoms with van der Waals surface area (Å²) >= 11 is 0. The van der Waals surface area contributed by atoms with E-state index in [4.69, 9.17) is 0 Å². The molecule has 0 atom stereocenters. The number of hydrogen-bond donors (Lipinski definition) is 0. The first-order valence-corrected chi connectivity index (χ1v) is 2.84. The SMILES string of the molecule is Fn1nc2ccccc2n1. The van der Waals surface area contributed by atoms with Gasteiger partial charge in [0.2, 0.25) is 0 Å². The van der Waals surface area contributed by atoms with Crippen molar-refractivity contribution >= 4 is 11.0 Å². The number of halogens is 1. The summed E-state index contributed by atoms with van der Waals surface area (Å²) < 4.78 is 12.2. The monoisotopic (exact) mass is 137 g/mol. The van der Waals surface area contributed by atoms with Gasteiger partial charge in [-0.05, 0) is 17.2 Å². The minimum atomic E-state index is 0.0741. The van der Waals surface area contributed by atoms with Gasteiger partial charge in [-0.2, -0.15) is 0 Å². The quantitative estimate of drug-likeness (QED) is 0.545. The predicted molar refractivity (Wildman–Crippen MR) is 34.0 cm³/mol. The molecule has 0 unspecified atom stereocenters. The molecule has 0 spiro atoms. The molecule has 50 valence electrons. The average Bonchev–Trinajstić information content (AvgIpc) is 2.27. The number of nitrogens with zero attached hydrogens (tertiary/aromatic N) is 3. The van der Waals surface area contributed by atoms with Crippen LogP contribution in [0.1, 0.15) is 0 Å². The van der Waals surface area contributed by atoms with Gasteiger partial charge in [-0.3, -0.25) is 0 Å². The van der Waals surface area contributed by atoms with Crippen molar-refractivity contribution in [1.29, 1.82) is 0 Å². The molecule has 0 aliphatic rings. The van der Waals surface area contributed by atoms with Crippen LogP contribution in [0.3, 0.4) is 0 Å². The second kappa shape index (κ2) is 1.76. The minimum absolute atomic E-state index is 0.0741. The van der Waals surface area contributed by atoms with Crippen molar-refractivity contribution in [1.82, 2.24) is 15.2 Å². The fourth-order valence-corrected chi connectivity index (χ4v) is 0.833. The maximum absolute atomic E-state index is 12.2. The Morgan fingerprint density at radius 1 is 1.10 bits per heavy atom. The van der Waals surface area contributed by atoms with Gasteiger partial charge in [0.25, 0.3) is 0 Å². The fraction of sp³-hybridized carbons (Fsp3) is 0. The molecular weight excluding hydrogens is 133 g/mol. The van der Waals surface area contributed by atoms with Crippen molar-refractivity contribution in [2.75, 3.05) is 0 Å². The number of aromatic nitrogens is 3. The van der Waals surface area contributed by atoms with Crippen molar-refractivity contribution in [3.8, 4) is 0 Å². The molecule has 0 aliphatic carbocycles. The van der Waals surface area contributed by atoms with E-state index >= 15 is 0 Å². The highest BCUT2D eigenvalue weighted by Crippen LogP contribution is 2.05. The summed E-state index contributed by atoms with van der Waals surface area (Å²) in [5.41, 5.74) is 1.15. The largest absolute Gasteiger partial charge is 0.121 e. The zero-order chi connectivity index (χ0) is 6.97. The van der Waals surface area contributed by atoms with Crippen LogP contribution < -0.4 is 0 Å². The lowest BCUT2D eigenvalue weighted by Gasteiger charge is -1.77. The first-order chi connectivity index (χ1) is 4.86. The number of fused-ring (bicyclic) bond motifs is 1. The molecule has 1 aromatic heterocycles. The first-order valence-electron chi connectivity index (χ1n) is 2.84. The zero-order valence-electron chi connectivity index (χ0n) is 5.03. The zero-order valence-corrected chi connectivity index (χ0v) is 5.03. The van der Waals surface area contributed by atoms with E-state index in [0.717, 1.165) is 0 Å². The third-order valence-electron chi connectivity index (χ3n) is 1.26. The molecule has 0 radical (unpaired) electrons. The van der Waals surface area contributed by atoms with Crippen LogP contribution in [-0.4, -0.2) is 15.2 Å². The molecule has 10 heavy (non-hydrogen) atoms. The Balaban J connectivity index is 2.88. The minimum Gasteiger partial charge on any atom is -0.121 e. The van der Waals surface area contributed by atoms with Crippen LogP contribution in [0.5, 0.6) is 0 Å². The van der Waals surface area contributed by atoms with E-state index in [9.17, 15) is 4.48 Å². The third kappa shape index (κ3) is 0.655. The maximum Gasteiger partial charge on any atom is 0.116 e. The molecule has 2 aromatic rings. The molecular formula is C6H4FN3. The van der Waals surface area contributed by atoms with Gasteiger partial charge >= 0.3 is 0 Å². The summed E-state index contributed by atoms with van der Waals surface area (Å²) in [4.78, 5) is 0. The summed E-state index contributed by atoms with van der Waals surface area (Å²) in [5.74, 6) is 0. The summed E-state index contributed by atoms with van der Waals surface area (Å²) in [5, 5.41) is 6.98. The molecule has 2 rings (SSSR count). The first kappa shape index (κ1) is 5.34. The van der Waals surface area contributed by atoms with E-state index in [0.29, 0.717) is 11.0 Å². The molecule has 0 saturated carbocycles. The van der Waals surface area contributed by atoms with Gasteiger partial charge in [0.15, 0.2) is 0 Å². The summed E-state index contributed by atoms with van der Waals surface area (Å²) in [7, 11) is 0. The smallest absolute Gasteiger partial charge is 0.116 e. The van der Waals surface area contributed by atoms with Gasteiger partial charge in [-0.1, -0.05) is 16.6 Å². The Labute approximate surface area is 56.0 Å². The molecule has 1 aromatic carbocycles. The van der Waals surface area contributed by atoms with Crippen LogP contribution in [0, 0.1) is 0 Å². The van der Waals surface area contributed by atoms with Crippen molar-refractivity contribution in [3.05, 3.63) is 24.3 Å². The Kier molecular flexibility index (Phi) is 0.943. The second-order valence-corrected chi connectivity index (χ2v) is 1.93. The highest BCUT2D eigenvalue weighted by molar-refractivity contribution is 5.72. The molecule has 0 aliphatic heterocycles. The van der Waals surface area contributed by atoms with Crippen LogP contribution in [-0.2, 0) is 0 Å². The topological polar surface area (TPSA) is 30.7 Å². The molecule has 0 N–H and O–H groups in total. The van der Waals surface area contributed by atoms with E-state index in [-0.39, 0.29) is 5.02 Å². The van der Waals surface area contributed by atoms with Gasteiger partial charge in [-0.25, -0.2) is 0 Å². The highest BCUT2D eigenvalue weighted by Gasteiger charge is 1.97. The van der Waals surface area contributed by atoms with Crippen LogP contribution in [0.15, 0.2) is 24.3 Å². The van der Waals surface area contributed by atoms with E-state index in [1.807, 2.05) is 0 Å². The number of hydrogen-bond acceptors (Lipinski definition) is 2. The van der Waals surface area contributed by atoms with Gasteiger partial charge in [0.05, 0.1) is 0 Å². The molecule has 4 heteroatoms. The van der Waals surface area contributed by atoms with Gasteiger partial charge in [0, 0.05) is 0 Å². The molecule has 3 nitrogen and oxygen atoms in total. The maximum atomic E-state index is 12.2. The predicted octanol–water partition coefficient (Wildman–Crippen LogP) is 1.16. The lowest BCUT2D eigenvalue weighted by Crippen LogP contribution is -1.83.